The van der Waals surface area contributed by atoms with Crippen molar-refractivity contribution in [1.82, 2.24) is 9.78 Å². The first-order valence-electron chi connectivity index (χ1n) is 11.6. The van der Waals surface area contributed by atoms with Crippen molar-refractivity contribution in [2.45, 2.75) is 33.1 Å². The summed E-state index contributed by atoms with van der Waals surface area (Å²) < 4.78 is 6.88. The molecule has 0 bridgehead atoms. The Labute approximate surface area is 203 Å². The minimum Gasteiger partial charge on any atom is -0.497 e. The maximum absolute atomic E-state index is 13.9. The predicted octanol–water partition coefficient (Wildman–Crippen LogP) is 2.93. The smallest absolute Gasteiger partial charge is 0.277 e. The van der Waals surface area contributed by atoms with Crippen LogP contribution in [0.15, 0.2) is 36.4 Å². The fourth-order valence-corrected chi connectivity index (χ4v) is 4.94. The number of aromatic nitrogens is 2. The van der Waals surface area contributed by atoms with Crippen LogP contribution in [0, 0.1) is 13.8 Å². The lowest BCUT2D eigenvalue weighted by atomic mass is 10.0. The highest BCUT2D eigenvalue weighted by Gasteiger charge is 2.35. The second kappa shape index (κ2) is 8.57. The lowest BCUT2D eigenvalue weighted by Gasteiger charge is -2.30. The number of ether oxygens (including phenoxy) is 1. The number of carbonyl (C=O) groups excluding carboxylic acids is 3. The molecule has 3 aromatic rings. The number of anilines is 2. The van der Waals surface area contributed by atoms with Crippen LogP contribution in [0.1, 0.15) is 50.5 Å². The van der Waals surface area contributed by atoms with Gasteiger partial charge in [-0.15, -0.1) is 0 Å². The molecule has 0 atom stereocenters. The van der Waals surface area contributed by atoms with Crippen molar-refractivity contribution >= 4 is 29.1 Å². The third-order valence-corrected chi connectivity index (χ3v) is 6.75. The Kier molecular flexibility index (Phi) is 5.55. The van der Waals surface area contributed by atoms with Crippen molar-refractivity contribution in [2.75, 3.05) is 30.0 Å². The molecule has 2 aromatic carbocycles. The number of nitrogens with two attached hydrogens (primary N) is 1. The van der Waals surface area contributed by atoms with Gasteiger partial charge in [0.25, 0.3) is 11.8 Å². The first kappa shape index (κ1) is 22.6. The lowest BCUT2D eigenvalue weighted by Crippen LogP contribution is -2.39. The molecule has 9 nitrogen and oxygen atoms in total. The first-order chi connectivity index (χ1) is 16.8. The van der Waals surface area contributed by atoms with Gasteiger partial charge in [0.1, 0.15) is 11.4 Å². The van der Waals surface area contributed by atoms with Crippen LogP contribution in [0.5, 0.6) is 5.75 Å². The minimum atomic E-state index is -0.669. The normalized spacial score (nSPS) is 15.5. The molecule has 2 aliphatic heterocycles. The Morgan fingerprint density at radius 3 is 2.43 bits per heavy atom. The molecular formula is C26H27N5O4. The summed E-state index contributed by atoms with van der Waals surface area (Å²) in [5.41, 5.74) is 10.6. The Bertz CT molecular complexity index is 1380. The molecule has 3 amide bonds. The van der Waals surface area contributed by atoms with Gasteiger partial charge in [0, 0.05) is 42.5 Å². The molecule has 9 heteroatoms. The van der Waals surface area contributed by atoms with Gasteiger partial charge in [0.05, 0.1) is 12.8 Å². The number of fused-ring (bicyclic) bond motifs is 1. The minimum absolute atomic E-state index is 0.106. The fourth-order valence-electron chi connectivity index (χ4n) is 4.94. The molecule has 0 spiro atoms. The molecule has 5 rings (SSSR count). The third-order valence-electron chi connectivity index (χ3n) is 6.75. The molecule has 1 fully saturated rings. The average Bonchev–Trinajstić information content (AvgIpc) is 3.44. The van der Waals surface area contributed by atoms with E-state index in [4.69, 9.17) is 10.5 Å². The van der Waals surface area contributed by atoms with Crippen molar-refractivity contribution < 1.29 is 19.1 Å². The molecule has 180 valence electrons. The second-order valence-electron chi connectivity index (χ2n) is 8.93. The van der Waals surface area contributed by atoms with E-state index in [0.717, 1.165) is 28.9 Å². The van der Waals surface area contributed by atoms with Crippen molar-refractivity contribution in [3.05, 3.63) is 64.5 Å². The first-order valence-corrected chi connectivity index (χ1v) is 11.6. The molecule has 1 saturated heterocycles. The Morgan fingerprint density at radius 2 is 1.77 bits per heavy atom. The van der Waals surface area contributed by atoms with E-state index in [-0.39, 0.29) is 17.5 Å². The zero-order chi connectivity index (χ0) is 24.9. The van der Waals surface area contributed by atoms with Gasteiger partial charge < -0.3 is 20.3 Å². The molecule has 2 aliphatic rings. The predicted molar refractivity (Wildman–Crippen MR) is 132 cm³/mol. The summed E-state index contributed by atoms with van der Waals surface area (Å²) in [7, 11) is 1.57. The van der Waals surface area contributed by atoms with E-state index in [1.807, 2.05) is 44.2 Å². The van der Waals surface area contributed by atoms with Crippen molar-refractivity contribution in [1.29, 1.82) is 0 Å². The van der Waals surface area contributed by atoms with Gasteiger partial charge in [-0.2, -0.15) is 5.10 Å². The zero-order valence-electron chi connectivity index (χ0n) is 20.0. The van der Waals surface area contributed by atoms with Crippen LogP contribution in [0.25, 0.3) is 5.69 Å². The van der Waals surface area contributed by atoms with E-state index >= 15 is 0 Å². The number of amides is 3. The highest BCUT2D eigenvalue weighted by atomic mass is 16.5. The summed E-state index contributed by atoms with van der Waals surface area (Å²) in [4.78, 5) is 41.7. The van der Waals surface area contributed by atoms with Crippen LogP contribution >= 0.6 is 0 Å². The quantitative estimate of drug-likeness (QED) is 0.613. The molecule has 3 heterocycles. The number of nitrogens with zero attached hydrogens (tertiary/aromatic N) is 4. The molecule has 35 heavy (non-hydrogen) atoms. The van der Waals surface area contributed by atoms with E-state index in [1.165, 1.54) is 4.68 Å². The van der Waals surface area contributed by atoms with E-state index < -0.39 is 5.91 Å². The van der Waals surface area contributed by atoms with Crippen LogP contribution in [-0.2, 0) is 11.2 Å². The Hall–Kier alpha value is -4.14. The number of primary amides is 1. The summed E-state index contributed by atoms with van der Waals surface area (Å²) in [6.07, 6.45) is 1.85. The highest BCUT2D eigenvalue weighted by Crippen LogP contribution is 2.34. The summed E-state index contributed by atoms with van der Waals surface area (Å²) in [6, 6.07) is 11.2. The van der Waals surface area contributed by atoms with Gasteiger partial charge in [-0.1, -0.05) is 6.07 Å². The molecular weight excluding hydrogens is 446 g/mol. The lowest BCUT2D eigenvalue weighted by molar-refractivity contribution is -0.117. The van der Waals surface area contributed by atoms with E-state index in [9.17, 15) is 14.4 Å². The fraction of sp³-hybridized carbons (Fsp3) is 0.308. The summed E-state index contributed by atoms with van der Waals surface area (Å²) in [5, 5.41) is 4.47. The molecule has 0 unspecified atom stereocenters. The molecule has 1 aromatic heterocycles. The van der Waals surface area contributed by atoms with E-state index in [0.29, 0.717) is 48.6 Å². The number of hydrogen-bond donors (Lipinski definition) is 1. The van der Waals surface area contributed by atoms with Crippen LogP contribution in [0.2, 0.25) is 0 Å². The monoisotopic (exact) mass is 473 g/mol. The third kappa shape index (κ3) is 3.73. The molecule has 0 radical (unpaired) electrons. The molecule has 2 N–H and O–H groups in total. The molecule has 0 saturated carbocycles. The topological polar surface area (TPSA) is 111 Å². The van der Waals surface area contributed by atoms with Crippen molar-refractivity contribution in [2.24, 2.45) is 5.73 Å². The Balaban J connectivity index is 1.58. The van der Waals surface area contributed by atoms with Crippen LogP contribution < -0.4 is 20.3 Å². The number of methoxy groups -OCH3 is 1. The van der Waals surface area contributed by atoms with Crippen LogP contribution in [0.3, 0.4) is 0 Å². The van der Waals surface area contributed by atoms with Crippen molar-refractivity contribution in [3.8, 4) is 11.4 Å². The summed E-state index contributed by atoms with van der Waals surface area (Å²) in [6.45, 7) is 4.93. The molecule has 0 aliphatic carbocycles. The Morgan fingerprint density at radius 1 is 0.971 bits per heavy atom. The summed E-state index contributed by atoms with van der Waals surface area (Å²) >= 11 is 0. The van der Waals surface area contributed by atoms with E-state index in [1.54, 1.807) is 23.0 Å². The van der Waals surface area contributed by atoms with Gasteiger partial charge >= 0.3 is 0 Å². The standard InChI is InChI=1S/C26H27N5O4/c1-15-6-8-18(35-3)14-21(15)31-24-19(23(28-31)25(27)33)10-12-30(26(24)34)20-9-7-17(13-16(20)2)29-11-4-5-22(29)32/h6-9,13-14H,4-5,10-12H2,1-3H3,(H2,27,33). The zero-order valence-corrected chi connectivity index (χ0v) is 20.0. The largest absolute Gasteiger partial charge is 0.497 e. The highest BCUT2D eigenvalue weighted by molar-refractivity contribution is 6.10. The summed E-state index contributed by atoms with van der Waals surface area (Å²) in [5.74, 6) is -0.204. The number of rotatable bonds is 5. The van der Waals surface area contributed by atoms with Gasteiger partial charge in [0.2, 0.25) is 5.91 Å². The maximum Gasteiger partial charge on any atom is 0.277 e. The van der Waals surface area contributed by atoms with E-state index in [2.05, 4.69) is 5.10 Å². The second-order valence-corrected chi connectivity index (χ2v) is 8.93. The number of carbonyl (C=O) groups is 3. The average molecular weight is 474 g/mol. The van der Waals surface area contributed by atoms with Crippen molar-refractivity contribution in [3.63, 3.8) is 0 Å². The van der Waals surface area contributed by atoms with Gasteiger partial charge in [-0.05, 0) is 62.1 Å². The van der Waals surface area contributed by atoms with Crippen LogP contribution in [0.4, 0.5) is 11.4 Å². The van der Waals surface area contributed by atoms with Gasteiger partial charge in [0.15, 0.2) is 5.69 Å². The maximum atomic E-state index is 13.9. The SMILES string of the molecule is COc1ccc(C)c(-n2nc(C(N)=O)c3c2C(=O)N(c2ccc(N4CCCC4=O)cc2C)CC3)c1. The number of aryl methyl sites for hydroxylation is 2. The van der Waals surface area contributed by atoms with Gasteiger partial charge in [-0.25, -0.2) is 4.68 Å². The number of hydrogen-bond acceptors (Lipinski definition) is 5. The van der Waals surface area contributed by atoms with Crippen LogP contribution in [-0.4, -0.2) is 47.7 Å². The van der Waals surface area contributed by atoms with Gasteiger partial charge in [-0.3, -0.25) is 14.4 Å². The number of benzene rings is 2.